The summed E-state index contributed by atoms with van der Waals surface area (Å²) in [6, 6.07) is 11.3. The monoisotopic (exact) mass is 413 g/mol. The minimum Gasteiger partial charge on any atom is -0.497 e. The van der Waals surface area contributed by atoms with Gasteiger partial charge in [0, 0.05) is 16.8 Å². The highest BCUT2D eigenvalue weighted by Gasteiger charge is 2.55. The Morgan fingerprint density at radius 3 is 2.66 bits per heavy atom. The van der Waals surface area contributed by atoms with Crippen molar-refractivity contribution in [2.45, 2.75) is 12.1 Å². The number of hydrogen-bond acceptors (Lipinski definition) is 7. The molecule has 2 aromatic carbocycles. The maximum atomic E-state index is 12.9. The molecule has 3 amide bonds. The van der Waals surface area contributed by atoms with Crippen molar-refractivity contribution in [3.63, 3.8) is 0 Å². The Balaban J connectivity index is 1.47. The highest BCUT2D eigenvalue weighted by molar-refractivity contribution is 6.31. The molecule has 2 atom stereocenters. The van der Waals surface area contributed by atoms with Crippen molar-refractivity contribution >= 4 is 40.7 Å². The Morgan fingerprint density at radius 1 is 1.17 bits per heavy atom. The second kappa shape index (κ2) is 7.51. The van der Waals surface area contributed by atoms with Crippen molar-refractivity contribution in [3.8, 4) is 5.75 Å². The fraction of sp³-hybridized carbons (Fsp3) is 0.211. The molecule has 4 rings (SSSR count). The minimum atomic E-state index is -0.970. The normalized spacial score (nSPS) is 20.2. The minimum absolute atomic E-state index is 0.227. The molecule has 9 nitrogen and oxygen atoms in total. The Morgan fingerprint density at radius 2 is 1.93 bits per heavy atom. The predicted molar refractivity (Wildman–Crippen MR) is 105 cm³/mol. The van der Waals surface area contributed by atoms with Crippen LogP contribution >= 0.6 is 11.6 Å². The van der Waals surface area contributed by atoms with Crippen molar-refractivity contribution < 1.29 is 19.1 Å². The van der Waals surface area contributed by atoms with Gasteiger partial charge in [-0.25, -0.2) is 4.90 Å². The first-order chi connectivity index (χ1) is 14.0. The highest BCUT2D eigenvalue weighted by Crippen LogP contribution is 2.32. The van der Waals surface area contributed by atoms with E-state index in [9.17, 15) is 14.4 Å². The zero-order valence-electron chi connectivity index (χ0n) is 15.3. The number of imide groups is 1. The number of fused-ring (bicyclic) bond motifs is 1. The lowest BCUT2D eigenvalue weighted by molar-refractivity contribution is -0.123. The number of methoxy groups -OCH3 is 1. The molecular weight excluding hydrogens is 398 g/mol. The lowest BCUT2D eigenvalue weighted by Crippen LogP contribution is -2.43. The van der Waals surface area contributed by atoms with E-state index in [0.717, 1.165) is 4.90 Å². The van der Waals surface area contributed by atoms with Gasteiger partial charge in [0.2, 0.25) is 5.91 Å². The summed E-state index contributed by atoms with van der Waals surface area (Å²) in [5.74, 6) is -0.773. The van der Waals surface area contributed by atoms with E-state index in [4.69, 9.17) is 16.3 Å². The summed E-state index contributed by atoms with van der Waals surface area (Å²) in [4.78, 5) is 39.0. The average Bonchev–Trinajstić information content (AvgIpc) is 3.23. The zero-order chi connectivity index (χ0) is 20.5. The van der Waals surface area contributed by atoms with Crippen LogP contribution in [0.3, 0.4) is 0 Å². The molecule has 0 unspecified atom stereocenters. The van der Waals surface area contributed by atoms with Gasteiger partial charge in [-0.2, -0.15) is 5.11 Å². The van der Waals surface area contributed by atoms with E-state index in [2.05, 4.69) is 15.7 Å². The fourth-order valence-corrected chi connectivity index (χ4v) is 3.37. The van der Waals surface area contributed by atoms with E-state index in [1.807, 2.05) is 0 Å². The molecule has 148 valence electrons. The molecule has 2 aliphatic rings. The first-order valence-corrected chi connectivity index (χ1v) is 9.10. The van der Waals surface area contributed by atoms with Crippen molar-refractivity contribution in [3.05, 3.63) is 53.6 Å². The molecule has 2 aromatic rings. The zero-order valence-corrected chi connectivity index (χ0v) is 16.0. The van der Waals surface area contributed by atoms with Crippen molar-refractivity contribution in [2.75, 3.05) is 23.9 Å². The van der Waals surface area contributed by atoms with Crippen LogP contribution in [-0.2, 0) is 14.4 Å². The van der Waals surface area contributed by atoms with E-state index in [-0.39, 0.29) is 6.54 Å². The topological polar surface area (TPSA) is 104 Å². The number of amides is 3. The van der Waals surface area contributed by atoms with Crippen LogP contribution in [-0.4, -0.2) is 48.5 Å². The van der Waals surface area contributed by atoms with Crippen molar-refractivity contribution in [1.82, 2.24) is 5.01 Å². The highest BCUT2D eigenvalue weighted by atomic mass is 35.5. The second-order valence-corrected chi connectivity index (χ2v) is 6.90. The Bertz CT molecular complexity index is 1010. The third-order valence-electron chi connectivity index (χ3n) is 4.60. The van der Waals surface area contributed by atoms with Gasteiger partial charge in [-0.3, -0.25) is 19.4 Å². The number of carbonyl (C=O) groups excluding carboxylic acids is 3. The largest absolute Gasteiger partial charge is 0.497 e. The molecule has 0 aliphatic carbocycles. The van der Waals surface area contributed by atoms with E-state index >= 15 is 0 Å². The van der Waals surface area contributed by atoms with Crippen LogP contribution in [0.4, 0.5) is 11.4 Å². The Kier molecular flexibility index (Phi) is 4.89. The van der Waals surface area contributed by atoms with Crippen LogP contribution in [0.5, 0.6) is 5.75 Å². The average molecular weight is 414 g/mol. The van der Waals surface area contributed by atoms with Gasteiger partial charge in [0.05, 0.1) is 12.8 Å². The smallest absolute Gasteiger partial charge is 0.263 e. The molecule has 1 saturated heterocycles. The predicted octanol–water partition coefficient (Wildman–Crippen LogP) is 2.28. The van der Waals surface area contributed by atoms with Crippen molar-refractivity contribution in [2.24, 2.45) is 10.3 Å². The molecule has 0 aromatic heterocycles. The maximum absolute atomic E-state index is 12.9. The molecular formula is C19H16ClN5O4. The number of hydrogen-bond donors (Lipinski definition) is 1. The van der Waals surface area contributed by atoms with Crippen LogP contribution < -0.4 is 15.0 Å². The van der Waals surface area contributed by atoms with E-state index in [0.29, 0.717) is 22.1 Å². The molecule has 0 radical (unpaired) electrons. The standard InChI is InChI=1S/C19H16ClN5O4/c1-29-14-4-2-3-12(9-14)21-15(26)10-24-17-16(22-23-24)18(27)25(19(17)28)13-7-5-11(20)6-8-13/h2-9,16-17H,10H2,1H3,(H,21,26)/t16-,17+/m0/s1. The molecule has 0 bridgehead atoms. The molecule has 2 heterocycles. The van der Waals surface area contributed by atoms with Crippen LogP contribution in [0.25, 0.3) is 0 Å². The number of nitrogens with zero attached hydrogens (tertiary/aromatic N) is 4. The van der Waals surface area contributed by atoms with Gasteiger partial charge in [-0.1, -0.05) is 22.9 Å². The summed E-state index contributed by atoms with van der Waals surface area (Å²) in [6.07, 6.45) is 0. The van der Waals surface area contributed by atoms with E-state index in [1.54, 1.807) is 48.5 Å². The Hall–Kier alpha value is -3.46. The lowest BCUT2D eigenvalue weighted by atomic mass is 10.1. The molecule has 29 heavy (non-hydrogen) atoms. The summed E-state index contributed by atoms with van der Waals surface area (Å²) < 4.78 is 5.12. The molecule has 1 N–H and O–H groups in total. The number of rotatable bonds is 5. The summed E-state index contributed by atoms with van der Waals surface area (Å²) in [5, 5.41) is 12.2. The van der Waals surface area contributed by atoms with Crippen molar-refractivity contribution in [1.29, 1.82) is 0 Å². The fourth-order valence-electron chi connectivity index (χ4n) is 3.25. The van der Waals surface area contributed by atoms with Gasteiger partial charge in [0.1, 0.15) is 12.3 Å². The lowest BCUT2D eigenvalue weighted by Gasteiger charge is -2.20. The van der Waals surface area contributed by atoms with Gasteiger partial charge in [0.25, 0.3) is 11.8 Å². The number of benzene rings is 2. The maximum Gasteiger partial charge on any atom is 0.263 e. The van der Waals surface area contributed by atoms with Gasteiger partial charge in [-0.05, 0) is 36.4 Å². The molecule has 0 saturated carbocycles. The van der Waals surface area contributed by atoms with Crippen LogP contribution in [0.1, 0.15) is 0 Å². The van der Waals surface area contributed by atoms with Crippen LogP contribution in [0.2, 0.25) is 5.02 Å². The number of anilines is 2. The van der Waals surface area contributed by atoms with Crippen LogP contribution in [0.15, 0.2) is 58.9 Å². The van der Waals surface area contributed by atoms with Crippen LogP contribution in [0, 0.1) is 0 Å². The molecule has 10 heteroatoms. The van der Waals surface area contributed by atoms with Gasteiger partial charge in [-0.15, -0.1) is 0 Å². The number of nitrogens with one attached hydrogen (secondary N) is 1. The van der Waals surface area contributed by atoms with Gasteiger partial charge in [0.15, 0.2) is 12.1 Å². The number of halogens is 1. The third-order valence-corrected chi connectivity index (χ3v) is 4.85. The molecule has 1 fully saturated rings. The van der Waals surface area contributed by atoms with E-state index in [1.165, 1.54) is 12.1 Å². The van der Waals surface area contributed by atoms with Gasteiger partial charge >= 0.3 is 0 Å². The van der Waals surface area contributed by atoms with Gasteiger partial charge < -0.3 is 10.1 Å². The number of carbonyl (C=O) groups is 3. The SMILES string of the molecule is COc1cccc(NC(=O)CN2N=N[C@@H]3C(=O)N(c4ccc(Cl)cc4)C(=O)[C@@H]32)c1. The Labute approximate surface area is 170 Å². The third kappa shape index (κ3) is 3.52. The first-order valence-electron chi connectivity index (χ1n) is 8.72. The summed E-state index contributed by atoms with van der Waals surface area (Å²) in [5.41, 5.74) is 0.938. The number of ether oxygens (including phenoxy) is 1. The summed E-state index contributed by atoms with van der Waals surface area (Å²) in [7, 11) is 1.53. The second-order valence-electron chi connectivity index (χ2n) is 6.46. The van der Waals surface area contributed by atoms with E-state index < -0.39 is 29.8 Å². The molecule has 2 aliphatic heterocycles. The molecule has 0 spiro atoms. The quantitative estimate of drug-likeness (QED) is 0.757. The summed E-state index contributed by atoms with van der Waals surface area (Å²) in [6.45, 7) is -0.227. The summed E-state index contributed by atoms with van der Waals surface area (Å²) >= 11 is 5.87. The first kappa shape index (κ1) is 18.9.